The third-order valence-corrected chi connectivity index (χ3v) is 3.04. The zero-order valence-electron chi connectivity index (χ0n) is 7.91. The van der Waals surface area contributed by atoms with Crippen LogP contribution >= 0.6 is 0 Å². The maximum absolute atomic E-state index is 11.4. The molecule has 1 saturated carbocycles. The molecule has 0 bridgehead atoms. The van der Waals surface area contributed by atoms with Gasteiger partial charge in [-0.2, -0.15) is 0 Å². The van der Waals surface area contributed by atoms with Gasteiger partial charge in [0.1, 0.15) is 5.75 Å². The smallest absolute Gasteiger partial charge is 0.228 e. The number of carbonyl (C=O) groups excluding carboxylic acids is 1. The Balaban J connectivity index is 2.15. The summed E-state index contributed by atoms with van der Waals surface area (Å²) < 4.78 is 5.29. The van der Waals surface area contributed by atoms with Crippen molar-refractivity contribution in [1.82, 2.24) is 0 Å². The monoisotopic (exact) mass is 189 g/mol. The number of anilines is 1. The van der Waals surface area contributed by atoms with Crippen LogP contribution in [0.1, 0.15) is 17.9 Å². The molecular formula is C11H11NO2. The van der Waals surface area contributed by atoms with Crippen LogP contribution in [0.3, 0.4) is 0 Å². The molecule has 3 heteroatoms. The van der Waals surface area contributed by atoms with Crippen molar-refractivity contribution < 1.29 is 9.53 Å². The molecule has 1 aromatic carbocycles. The fraction of sp³-hybridized carbons (Fsp3) is 0.364. The van der Waals surface area contributed by atoms with Gasteiger partial charge in [-0.15, -0.1) is 0 Å². The Morgan fingerprint density at radius 2 is 2.29 bits per heavy atom. The molecule has 2 unspecified atom stereocenters. The highest BCUT2D eigenvalue weighted by Gasteiger charge is 2.49. The predicted molar refractivity (Wildman–Crippen MR) is 52.5 cm³/mol. The standard InChI is InChI=1S/C11H11NO2/c1-14-9-4-2-3-8-10(9)6-5-7(6)11(13)12-8/h2-4,6-7H,5H2,1H3,(H,12,13). The van der Waals surface area contributed by atoms with E-state index in [1.807, 2.05) is 18.2 Å². The summed E-state index contributed by atoms with van der Waals surface area (Å²) >= 11 is 0. The first-order chi connectivity index (χ1) is 6.81. The third-order valence-electron chi connectivity index (χ3n) is 3.04. The van der Waals surface area contributed by atoms with E-state index in [9.17, 15) is 4.79 Å². The van der Waals surface area contributed by atoms with Crippen LogP contribution in [0.2, 0.25) is 0 Å². The number of rotatable bonds is 1. The predicted octanol–water partition coefficient (Wildman–Crippen LogP) is 1.75. The van der Waals surface area contributed by atoms with Gasteiger partial charge in [0, 0.05) is 23.1 Å². The molecule has 1 N–H and O–H groups in total. The van der Waals surface area contributed by atoms with E-state index in [0.29, 0.717) is 5.92 Å². The molecular weight excluding hydrogens is 178 g/mol. The van der Waals surface area contributed by atoms with E-state index in [1.165, 1.54) is 5.56 Å². The average molecular weight is 189 g/mol. The largest absolute Gasteiger partial charge is 0.496 e. The zero-order chi connectivity index (χ0) is 9.71. The van der Waals surface area contributed by atoms with Crippen molar-refractivity contribution in [1.29, 1.82) is 0 Å². The van der Waals surface area contributed by atoms with Crippen LogP contribution in [-0.4, -0.2) is 13.0 Å². The Morgan fingerprint density at radius 1 is 1.43 bits per heavy atom. The number of ether oxygens (including phenoxy) is 1. The summed E-state index contributed by atoms with van der Waals surface area (Å²) in [5.74, 6) is 1.65. The molecule has 3 rings (SSSR count). The topological polar surface area (TPSA) is 38.3 Å². The van der Waals surface area contributed by atoms with Crippen molar-refractivity contribution in [3.8, 4) is 5.75 Å². The molecule has 1 aromatic rings. The first-order valence-electron chi connectivity index (χ1n) is 4.79. The van der Waals surface area contributed by atoms with Crippen LogP contribution in [0.25, 0.3) is 0 Å². The Labute approximate surface area is 82.1 Å². The maximum atomic E-state index is 11.4. The summed E-state index contributed by atoms with van der Waals surface area (Å²) in [6.45, 7) is 0. The zero-order valence-corrected chi connectivity index (χ0v) is 7.91. The Kier molecular flexibility index (Phi) is 1.40. The molecule has 0 aromatic heterocycles. The van der Waals surface area contributed by atoms with Gasteiger partial charge in [-0.25, -0.2) is 0 Å². The van der Waals surface area contributed by atoms with Crippen LogP contribution in [0.15, 0.2) is 18.2 Å². The highest BCUT2D eigenvalue weighted by atomic mass is 16.5. The molecule has 1 aliphatic heterocycles. The second-order valence-electron chi connectivity index (χ2n) is 3.86. The second kappa shape index (κ2) is 2.50. The van der Waals surface area contributed by atoms with Crippen molar-refractivity contribution in [3.63, 3.8) is 0 Å². The molecule has 1 aliphatic carbocycles. The number of carbonyl (C=O) groups is 1. The van der Waals surface area contributed by atoms with Gasteiger partial charge in [-0.05, 0) is 18.6 Å². The number of hydrogen-bond acceptors (Lipinski definition) is 2. The minimum Gasteiger partial charge on any atom is -0.496 e. The molecule has 72 valence electrons. The summed E-state index contributed by atoms with van der Waals surface area (Å²) in [5, 5.41) is 2.91. The molecule has 0 saturated heterocycles. The average Bonchev–Trinajstić information content (AvgIpc) is 2.97. The number of hydrogen-bond donors (Lipinski definition) is 1. The maximum Gasteiger partial charge on any atom is 0.228 e. The van der Waals surface area contributed by atoms with Crippen LogP contribution in [-0.2, 0) is 4.79 Å². The fourth-order valence-electron chi connectivity index (χ4n) is 2.24. The molecule has 14 heavy (non-hydrogen) atoms. The molecule has 2 aliphatic rings. The number of benzene rings is 1. The highest BCUT2D eigenvalue weighted by Crippen LogP contribution is 2.56. The van der Waals surface area contributed by atoms with E-state index < -0.39 is 0 Å². The summed E-state index contributed by atoms with van der Waals surface area (Å²) in [6, 6.07) is 5.79. The van der Waals surface area contributed by atoms with E-state index in [1.54, 1.807) is 7.11 Å². The lowest BCUT2D eigenvalue weighted by atomic mass is 10.0. The molecule has 2 atom stereocenters. The first kappa shape index (κ1) is 7.85. The van der Waals surface area contributed by atoms with Crippen molar-refractivity contribution in [2.24, 2.45) is 5.92 Å². The third kappa shape index (κ3) is 0.895. The fourth-order valence-corrected chi connectivity index (χ4v) is 2.24. The van der Waals surface area contributed by atoms with Gasteiger partial charge in [0.05, 0.1) is 7.11 Å². The lowest BCUT2D eigenvalue weighted by Gasteiger charge is -2.18. The number of methoxy groups -OCH3 is 1. The molecule has 0 radical (unpaired) electrons. The Morgan fingerprint density at radius 3 is 3.07 bits per heavy atom. The first-order valence-corrected chi connectivity index (χ1v) is 4.79. The van der Waals surface area contributed by atoms with Crippen LogP contribution in [0.4, 0.5) is 5.69 Å². The quantitative estimate of drug-likeness (QED) is 0.730. The lowest BCUT2D eigenvalue weighted by Crippen LogP contribution is -2.20. The van der Waals surface area contributed by atoms with Gasteiger partial charge < -0.3 is 10.1 Å². The van der Waals surface area contributed by atoms with Gasteiger partial charge in [-0.1, -0.05) is 6.07 Å². The normalized spacial score (nSPS) is 27.4. The molecule has 1 fully saturated rings. The van der Waals surface area contributed by atoms with Crippen molar-refractivity contribution in [2.45, 2.75) is 12.3 Å². The van der Waals surface area contributed by atoms with Crippen LogP contribution in [0.5, 0.6) is 5.75 Å². The van der Waals surface area contributed by atoms with E-state index in [0.717, 1.165) is 17.9 Å². The van der Waals surface area contributed by atoms with Crippen molar-refractivity contribution in [2.75, 3.05) is 12.4 Å². The number of fused-ring (bicyclic) bond motifs is 3. The SMILES string of the molecule is COc1cccc2c1C1CC1C(=O)N2. The second-order valence-corrected chi connectivity index (χ2v) is 3.86. The molecule has 0 spiro atoms. The Hall–Kier alpha value is -1.51. The van der Waals surface area contributed by atoms with Crippen molar-refractivity contribution in [3.05, 3.63) is 23.8 Å². The van der Waals surface area contributed by atoms with Crippen LogP contribution in [0, 0.1) is 5.92 Å². The Bertz CT molecular complexity index is 414. The van der Waals surface area contributed by atoms with E-state index in [4.69, 9.17) is 4.74 Å². The summed E-state index contributed by atoms with van der Waals surface area (Å²) in [7, 11) is 1.67. The van der Waals surface area contributed by atoms with Gasteiger partial charge in [0.25, 0.3) is 0 Å². The van der Waals surface area contributed by atoms with E-state index in [-0.39, 0.29) is 11.8 Å². The molecule has 3 nitrogen and oxygen atoms in total. The van der Waals surface area contributed by atoms with Crippen molar-refractivity contribution >= 4 is 11.6 Å². The minimum atomic E-state index is 0.163. The van der Waals surface area contributed by atoms with Gasteiger partial charge >= 0.3 is 0 Å². The number of amides is 1. The van der Waals surface area contributed by atoms with Gasteiger partial charge in [0.2, 0.25) is 5.91 Å². The summed E-state index contributed by atoms with van der Waals surface area (Å²) in [5.41, 5.74) is 2.10. The minimum absolute atomic E-state index is 0.163. The molecule has 1 amide bonds. The van der Waals surface area contributed by atoms with Gasteiger partial charge in [0.15, 0.2) is 0 Å². The summed E-state index contributed by atoms with van der Waals surface area (Å²) in [4.78, 5) is 11.4. The van der Waals surface area contributed by atoms with Gasteiger partial charge in [-0.3, -0.25) is 4.79 Å². The number of nitrogens with one attached hydrogen (secondary N) is 1. The van der Waals surface area contributed by atoms with E-state index in [2.05, 4.69) is 5.32 Å². The van der Waals surface area contributed by atoms with Crippen LogP contribution < -0.4 is 10.1 Å². The lowest BCUT2D eigenvalue weighted by molar-refractivity contribution is -0.117. The molecule has 1 heterocycles. The summed E-state index contributed by atoms with van der Waals surface area (Å²) in [6.07, 6.45) is 0.971. The van der Waals surface area contributed by atoms with E-state index >= 15 is 0 Å². The highest BCUT2D eigenvalue weighted by molar-refractivity contribution is 5.99.